The average Bonchev–Trinajstić information content (AvgIpc) is 2.76. The fraction of sp³-hybridized carbons (Fsp3) is 0.538. The zero-order valence-corrected chi connectivity index (χ0v) is 23.0. The van der Waals surface area contributed by atoms with Crippen LogP contribution in [0.25, 0.3) is 0 Å². The van der Waals surface area contributed by atoms with Crippen LogP contribution in [0.4, 0.5) is 0 Å². The molecule has 2 aromatic rings. The molecule has 0 unspecified atom stereocenters. The van der Waals surface area contributed by atoms with E-state index in [9.17, 15) is 18.1 Å². The van der Waals surface area contributed by atoms with Gasteiger partial charge >= 0.3 is 29.6 Å². The van der Waals surface area contributed by atoms with Crippen molar-refractivity contribution in [2.24, 2.45) is 0 Å². The number of rotatable bonds is 16. The molecule has 0 aliphatic heterocycles. The van der Waals surface area contributed by atoms with Crippen molar-refractivity contribution >= 4 is 10.1 Å². The topological polar surface area (TPSA) is 86.7 Å². The van der Waals surface area contributed by atoms with Gasteiger partial charge in [-0.3, -0.25) is 4.55 Å². The second-order valence-corrected chi connectivity index (χ2v) is 9.83. The molecule has 0 aliphatic rings. The van der Waals surface area contributed by atoms with Crippen LogP contribution in [0.2, 0.25) is 0 Å². The molecule has 0 saturated carbocycles. The molecule has 7 heteroatoms. The molecule has 0 amide bonds. The third-order valence-electron chi connectivity index (χ3n) is 5.68. The summed E-state index contributed by atoms with van der Waals surface area (Å²) in [4.78, 5) is -0.651. The summed E-state index contributed by atoms with van der Waals surface area (Å²) in [5.74, 6) is 0.136. The van der Waals surface area contributed by atoms with Crippen molar-refractivity contribution in [1.82, 2.24) is 0 Å². The molecule has 0 saturated heterocycles. The largest absolute Gasteiger partial charge is 1.00 e. The Morgan fingerprint density at radius 2 is 1.33 bits per heavy atom. The third-order valence-corrected chi connectivity index (χ3v) is 6.55. The van der Waals surface area contributed by atoms with Crippen molar-refractivity contribution in [1.29, 1.82) is 0 Å². The number of hydrogen-bond acceptors (Lipinski definition) is 4. The monoisotopic (exact) mass is 484 g/mol. The van der Waals surface area contributed by atoms with Gasteiger partial charge in [0.2, 0.25) is 0 Å². The second-order valence-electron chi connectivity index (χ2n) is 8.44. The predicted octanol–water partition coefficient (Wildman–Crippen LogP) is 4.05. The van der Waals surface area contributed by atoms with E-state index < -0.39 is 20.8 Å². The van der Waals surface area contributed by atoms with E-state index in [4.69, 9.17) is 4.74 Å². The second kappa shape index (κ2) is 16.6. The van der Waals surface area contributed by atoms with E-state index in [0.29, 0.717) is 23.5 Å². The van der Waals surface area contributed by atoms with Crippen LogP contribution in [0.15, 0.2) is 47.4 Å². The molecular formula is C26H37NaO5S. The summed E-state index contributed by atoms with van der Waals surface area (Å²) in [6.45, 7) is 2.24. The first kappa shape index (κ1) is 30.0. The number of aryl methyl sites for hydroxylation is 1. The van der Waals surface area contributed by atoms with Crippen LogP contribution in [-0.2, 0) is 16.5 Å². The van der Waals surface area contributed by atoms with Gasteiger partial charge in [0, 0.05) is 6.07 Å². The van der Waals surface area contributed by atoms with Gasteiger partial charge in [0.05, 0.1) is 4.90 Å². The molecule has 0 heterocycles. The van der Waals surface area contributed by atoms with E-state index in [1.807, 2.05) is 18.2 Å². The van der Waals surface area contributed by atoms with Crippen LogP contribution in [0.3, 0.4) is 0 Å². The number of unbranched alkanes of at least 4 members (excludes halogenated alkanes) is 11. The predicted molar refractivity (Wildman–Crippen MR) is 127 cm³/mol. The molecule has 0 fully saturated rings. The van der Waals surface area contributed by atoms with E-state index in [0.717, 1.165) is 25.3 Å². The van der Waals surface area contributed by atoms with Crippen LogP contribution in [0.5, 0.6) is 17.2 Å². The molecule has 0 aromatic heterocycles. The number of para-hydroxylation sites is 1. The minimum Gasteiger partial charge on any atom is -0.872 e. The molecular weight excluding hydrogens is 447 g/mol. The molecule has 0 spiro atoms. The Bertz CT molecular complexity index is 900. The molecule has 5 nitrogen and oxygen atoms in total. The Morgan fingerprint density at radius 3 is 1.85 bits per heavy atom. The maximum atomic E-state index is 12.2. The summed E-state index contributed by atoms with van der Waals surface area (Å²) >= 11 is 0. The Kier molecular flexibility index (Phi) is 15.0. The van der Waals surface area contributed by atoms with E-state index in [1.54, 1.807) is 12.1 Å². The molecule has 2 aromatic carbocycles. The normalized spacial score (nSPS) is 11.2. The van der Waals surface area contributed by atoms with Gasteiger partial charge in [0.1, 0.15) is 11.5 Å². The average molecular weight is 485 g/mol. The molecule has 0 atom stereocenters. The van der Waals surface area contributed by atoms with Gasteiger partial charge in [-0.2, -0.15) is 8.42 Å². The van der Waals surface area contributed by atoms with Gasteiger partial charge in [-0.1, -0.05) is 108 Å². The molecule has 178 valence electrons. The quantitative estimate of drug-likeness (QED) is 0.221. The maximum Gasteiger partial charge on any atom is 1.00 e. The van der Waals surface area contributed by atoms with Crippen molar-refractivity contribution in [3.63, 3.8) is 0 Å². The van der Waals surface area contributed by atoms with E-state index in [-0.39, 0.29) is 29.6 Å². The molecule has 1 N–H and O–H groups in total. The van der Waals surface area contributed by atoms with Gasteiger partial charge < -0.3 is 9.84 Å². The summed E-state index contributed by atoms with van der Waals surface area (Å²) in [5.41, 5.74) is 0.665. The first-order valence-corrected chi connectivity index (χ1v) is 13.4. The van der Waals surface area contributed by atoms with Crippen LogP contribution < -0.4 is 39.4 Å². The standard InChI is InChI=1S/C26H38O5S.Na/c1-2-3-4-5-6-7-8-9-10-11-12-14-17-22-20-24(27)26(32(28,29)30)21-25(22)31-23-18-15-13-16-19-23;/h13,15-16,18-21,27H,2-12,14,17H2,1H3,(H,28,29,30);/q;+1/p-1. The first-order valence-electron chi connectivity index (χ1n) is 12.0. The van der Waals surface area contributed by atoms with E-state index in [2.05, 4.69) is 6.92 Å². The van der Waals surface area contributed by atoms with Gasteiger partial charge in [0.15, 0.2) is 0 Å². The van der Waals surface area contributed by atoms with Crippen LogP contribution in [0.1, 0.15) is 89.5 Å². The summed E-state index contributed by atoms with van der Waals surface area (Å²) in [7, 11) is -4.60. The zero-order valence-electron chi connectivity index (χ0n) is 20.2. The van der Waals surface area contributed by atoms with Crippen molar-refractivity contribution in [2.45, 2.75) is 95.3 Å². The Labute approximate surface area is 222 Å². The van der Waals surface area contributed by atoms with Crippen LogP contribution >= 0.6 is 0 Å². The number of benzene rings is 2. The molecule has 0 radical (unpaired) electrons. The van der Waals surface area contributed by atoms with Crippen LogP contribution in [0, 0.1) is 0 Å². The van der Waals surface area contributed by atoms with E-state index >= 15 is 0 Å². The minimum absolute atomic E-state index is 0. The van der Waals surface area contributed by atoms with Crippen molar-refractivity contribution in [3.8, 4) is 17.2 Å². The Hall–Kier alpha value is -1.05. The van der Waals surface area contributed by atoms with Crippen LogP contribution in [-0.4, -0.2) is 13.0 Å². The van der Waals surface area contributed by atoms with Crippen molar-refractivity contribution < 1.29 is 52.4 Å². The van der Waals surface area contributed by atoms with Gasteiger partial charge in [-0.05, 0) is 30.5 Å². The number of ether oxygens (including phenoxy) is 1. The number of hydrogen-bond donors (Lipinski definition) is 1. The summed E-state index contributed by atoms with van der Waals surface area (Å²) < 4.78 is 38.3. The van der Waals surface area contributed by atoms with Crippen molar-refractivity contribution in [2.75, 3.05) is 0 Å². The molecule has 0 bridgehead atoms. The zero-order chi connectivity index (χ0) is 23.2. The molecule has 33 heavy (non-hydrogen) atoms. The summed E-state index contributed by atoms with van der Waals surface area (Å²) in [6, 6.07) is 11.4. The van der Waals surface area contributed by atoms with Gasteiger partial charge in [-0.25, -0.2) is 0 Å². The maximum absolute atomic E-state index is 12.2. The fourth-order valence-corrected chi connectivity index (χ4v) is 4.42. The Balaban J connectivity index is 0.00000544. The third kappa shape index (κ3) is 11.8. The van der Waals surface area contributed by atoms with E-state index in [1.165, 1.54) is 63.9 Å². The smallest absolute Gasteiger partial charge is 0.872 e. The fourth-order valence-electron chi connectivity index (χ4n) is 3.85. The molecule has 2 rings (SSSR count). The first-order chi connectivity index (χ1) is 15.4. The molecule has 0 aliphatic carbocycles. The van der Waals surface area contributed by atoms with Gasteiger partial charge in [-0.15, -0.1) is 0 Å². The minimum atomic E-state index is -4.60. The van der Waals surface area contributed by atoms with Gasteiger partial charge in [0.25, 0.3) is 10.1 Å². The van der Waals surface area contributed by atoms with Crippen molar-refractivity contribution in [3.05, 3.63) is 48.0 Å². The summed E-state index contributed by atoms with van der Waals surface area (Å²) in [5, 5.41) is 12.2. The Morgan fingerprint density at radius 1 is 0.818 bits per heavy atom. The SMILES string of the molecule is CCCCCCCCCCCCCCc1cc([O-])c(S(=O)(=O)O)cc1Oc1ccccc1.[Na+]. The summed E-state index contributed by atoms with van der Waals surface area (Å²) in [6.07, 6.45) is 15.6.